The van der Waals surface area contributed by atoms with Gasteiger partial charge in [0.05, 0.1) is 6.61 Å². The SMILES string of the molecule is Cn1nccc1CCOc1ccc2ccccc2c1CBr. The molecular formula is C17H17BrN2O. The maximum Gasteiger partial charge on any atom is 0.123 e. The van der Waals surface area contributed by atoms with E-state index in [1.54, 1.807) is 0 Å². The summed E-state index contributed by atoms with van der Waals surface area (Å²) in [5, 5.41) is 7.44. The summed E-state index contributed by atoms with van der Waals surface area (Å²) in [7, 11) is 1.95. The summed E-state index contributed by atoms with van der Waals surface area (Å²) in [6, 6.07) is 14.6. The molecule has 0 aliphatic heterocycles. The standard InChI is InChI=1S/C17H17BrN2O/c1-20-14(8-10-19-20)9-11-21-17-7-6-13-4-2-3-5-15(13)16(17)12-18/h2-8,10H,9,11-12H2,1H3. The van der Waals surface area contributed by atoms with Gasteiger partial charge in [0.1, 0.15) is 5.75 Å². The number of rotatable bonds is 5. The van der Waals surface area contributed by atoms with Crippen LogP contribution in [0.15, 0.2) is 48.7 Å². The van der Waals surface area contributed by atoms with Gasteiger partial charge in [0.25, 0.3) is 0 Å². The summed E-state index contributed by atoms with van der Waals surface area (Å²) in [5.74, 6) is 0.952. The first kappa shape index (κ1) is 14.1. The second kappa shape index (κ2) is 6.31. The fraction of sp³-hybridized carbons (Fsp3) is 0.235. The van der Waals surface area contributed by atoms with Gasteiger partial charge < -0.3 is 4.74 Å². The molecule has 0 radical (unpaired) electrons. The molecule has 4 heteroatoms. The lowest BCUT2D eigenvalue weighted by atomic mass is 10.0. The Morgan fingerprint density at radius 1 is 1.14 bits per heavy atom. The van der Waals surface area contributed by atoms with Gasteiger partial charge in [-0.1, -0.05) is 46.3 Å². The van der Waals surface area contributed by atoms with Crippen LogP contribution >= 0.6 is 15.9 Å². The highest BCUT2D eigenvalue weighted by Gasteiger charge is 2.08. The third kappa shape index (κ3) is 2.95. The predicted molar refractivity (Wildman–Crippen MR) is 89.0 cm³/mol. The van der Waals surface area contributed by atoms with E-state index in [2.05, 4.69) is 57.4 Å². The molecule has 3 aromatic rings. The van der Waals surface area contributed by atoms with E-state index in [0.717, 1.165) is 17.5 Å². The monoisotopic (exact) mass is 344 g/mol. The maximum absolute atomic E-state index is 5.99. The maximum atomic E-state index is 5.99. The van der Waals surface area contributed by atoms with Crippen molar-refractivity contribution in [2.24, 2.45) is 7.05 Å². The minimum Gasteiger partial charge on any atom is -0.493 e. The quantitative estimate of drug-likeness (QED) is 0.652. The molecule has 0 aliphatic rings. The van der Waals surface area contributed by atoms with Crippen LogP contribution in [-0.4, -0.2) is 16.4 Å². The molecule has 0 atom stereocenters. The molecule has 0 amide bonds. The normalized spacial score (nSPS) is 11.0. The number of hydrogen-bond donors (Lipinski definition) is 0. The number of halogens is 1. The van der Waals surface area contributed by atoms with Gasteiger partial charge in [-0.3, -0.25) is 4.68 Å². The summed E-state index contributed by atoms with van der Waals surface area (Å²) in [6.45, 7) is 0.651. The molecule has 0 N–H and O–H groups in total. The number of alkyl halides is 1. The van der Waals surface area contributed by atoms with Gasteiger partial charge in [-0.25, -0.2) is 0 Å². The molecule has 0 saturated heterocycles. The number of aryl methyl sites for hydroxylation is 1. The summed E-state index contributed by atoms with van der Waals surface area (Å²) < 4.78 is 7.88. The molecule has 0 unspecified atom stereocenters. The van der Waals surface area contributed by atoms with Gasteiger partial charge in [-0.15, -0.1) is 0 Å². The Labute approximate surface area is 132 Å². The molecule has 108 valence electrons. The summed E-state index contributed by atoms with van der Waals surface area (Å²) >= 11 is 3.58. The zero-order valence-corrected chi connectivity index (χ0v) is 13.5. The van der Waals surface area contributed by atoms with E-state index in [1.807, 2.05) is 24.0 Å². The van der Waals surface area contributed by atoms with Gasteiger partial charge in [0, 0.05) is 36.3 Å². The number of fused-ring (bicyclic) bond motifs is 1. The van der Waals surface area contributed by atoms with E-state index in [9.17, 15) is 0 Å². The van der Waals surface area contributed by atoms with E-state index >= 15 is 0 Å². The van der Waals surface area contributed by atoms with Crippen LogP contribution in [0.5, 0.6) is 5.75 Å². The molecule has 0 fully saturated rings. The largest absolute Gasteiger partial charge is 0.493 e. The van der Waals surface area contributed by atoms with E-state index in [4.69, 9.17) is 4.74 Å². The highest BCUT2D eigenvalue weighted by atomic mass is 79.9. The van der Waals surface area contributed by atoms with Crippen molar-refractivity contribution < 1.29 is 4.74 Å². The summed E-state index contributed by atoms with van der Waals surface area (Å²) in [4.78, 5) is 0. The minimum absolute atomic E-state index is 0.651. The van der Waals surface area contributed by atoms with E-state index in [-0.39, 0.29) is 0 Å². The Morgan fingerprint density at radius 2 is 2.00 bits per heavy atom. The number of nitrogens with zero attached hydrogens (tertiary/aromatic N) is 2. The zero-order chi connectivity index (χ0) is 14.7. The van der Waals surface area contributed by atoms with Crippen LogP contribution in [0.2, 0.25) is 0 Å². The van der Waals surface area contributed by atoms with Gasteiger partial charge in [-0.2, -0.15) is 5.10 Å². The van der Waals surface area contributed by atoms with Gasteiger partial charge in [-0.05, 0) is 22.9 Å². The lowest BCUT2D eigenvalue weighted by Gasteiger charge is -2.12. The molecule has 1 aromatic heterocycles. The number of ether oxygens (including phenoxy) is 1. The van der Waals surface area contributed by atoms with Crippen molar-refractivity contribution >= 4 is 26.7 Å². The third-order valence-corrected chi connectivity index (χ3v) is 4.23. The van der Waals surface area contributed by atoms with Crippen molar-refractivity contribution in [3.63, 3.8) is 0 Å². The van der Waals surface area contributed by atoms with Gasteiger partial charge >= 0.3 is 0 Å². The van der Waals surface area contributed by atoms with E-state index < -0.39 is 0 Å². The van der Waals surface area contributed by atoms with Crippen LogP contribution in [0.4, 0.5) is 0 Å². The Hall–Kier alpha value is -1.81. The second-order valence-corrected chi connectivity index (χ2v) is 5.50. The number of hydrogen-bond acceptors (Lipinski definition) is 2. The molecule has 3 nitrogen and oxygen atoms in total. The average Bonchev–Trinajstić information content (AvgIpc) is 2.92. The third-order valence-electron chi connectivity index (χ3n) is 3.67. The molecule has 3 rings (SSSR count). The number of aromatic nitrogens is 2. The summed E-state index contributed by atoms with van der Waals surface area (Å²) in [6.07, 6.45) is 2.67. The lowest BCUT2D eigenvalue weighted by Crippen LogP contribution is -2.07. The first-order chi connectivity index (χ1) is 10.3. The van der Waals surface area contributed by atoms with E-state index in [1.165, 1.54) is 22.0 Å². The highest BCUT2D eigenvalue weighted by Crippen LogP contribution is 2.30. The van der Waals surface area contributed by atoms with Crippen molar-refractivity contribution in [3.8, 4) is 5.75 Å². The summed E-state index contributed by atoms with van der Waals surface area (Å²) in [5.41, 5.74) is 2.38. The van der Waals surface area contributed by atoms with Crippen LogP contribution in [0.25, 0.3) is 10.8 Å². The minimum atomic E-state index is 0.651. The topological polar surface area (TPSA) is 27.1 Å². The molecule has 0 spiro atoms. The highest BCUT2D eigenvalue weighted by molar-refractivity contribution is 9.08. The molecule has 0 aliphatic carbocycles. The van der Waals surface area contributed by atoms with Crippen molar-refractivity contribution in [1.29, 1.82) is 0 Å². The molecule has 0 bridgehead atoms. The zero-order valence-electron chi connectivity index (χ0n) is 11.9. The molecule has 0 saturated carbocycles. The van der Waals surface area contributed by atoms with Crippen LogP contribution in [-0.2, 0) is 18.8 Å². The molecule has 1 heterocycles. The second-order valence-electron chi connectivity index (χ2n) is 4.94. The van der Waals surface area contributed by atoms with Crippen molar-refractivity contribution in [2.75, 3.05) is 6.61 Å². The Bertz CT molecular complexity index is 751. The van der Waals surface area contributed by atoms with Gasteiger partial charge in [0.2, 0.25) is 0 Å². The first-order valence-electron chi connectivity index (χ1n) is 6.96. The number of benzene rings is 2. The predicted octanol–water partition coefficient (Wildman–Crippen LogP) is 4.09. The smallest absolute Gasteiger partial charge is 0.123 e. The Kier molecular flexibility index (Phi) is 4.25. The molecule has 2 aromatic carbocycles. The Morgan fingerprint density at radius 3 is 2.76 bits per heavy atom. The van der Waals surface area contributed by atoms with Crippen LogP contribution < -0.4 is 4.74 Å². The van der Waals surface area contributed by atoms with E-state index in [0.29, 0.717) is 6.61 Å². The van der Waals surface area contributed by atoms with Crippen LogP contribution in [0.1, 0.15) is 11.3 Å². The average molecular weight is 345 g/mol. The molecule has 21 heavy (non-hydrogen) atoms. The van der Waals surface area contributed by atoms with Crippen molar-refractivity contribution in [3.05, 3.63) is 59.9 Å². The fourth-order valence-electron chi connectivity index (χ4n) is 2.50. The lowest BCUT2D eigenvalue weighted by molar-refractivity contribution is 0.316. The van der Waals surface area contributed by atoms with Crippen LogP contribution in [0.3, 0.4) is 0 Å². The van der Waals surface area contributed by atoms with Crippen LogP contribution in [0, 0.1) is 0 Å². The molecular weight excluding hydrogens is 328 g/mol. The first-order valence-corrected chi connectivity index (χ1v) is 8.08. The Balaban J connectivity index is 1.79. The van der Waals surface area contributed by atoms with Gasteiger partial charge in [0.15, 0.2) is 0 Å². The van der Waals surface area contributed by atoms with Crippen molar-refractivity contribution in [1.82, 2.24) is 9.78 Å². The van der Waals surface area contributed by atoms with Crippen molar-refractivity contribution in [2.45, 2.75) is 11.8 Å². The fourth-order valence-corrected chi connectivity index (χ4v) is 3.08.